The van der Waals surface area contributed by atoms with Gasteiger partial charge in [-0.1, -0.05) is 51.4 Å². The summed E-state index contributed by atoms with van der Waals surface area (Å²) in [7, 11) is 1.36. The lowest BCUT2D eigenvalue weighted by Gasteiger charge is -2.28. The summed E-state index contributed by atoms with van der Waals surface area (Å²) in [6, 6.07) is 7.48. The number of halogens is 1. The minimum atomic E-state index is -0.392. The number of esters is 1. The van der Waals surface area contributed by atoms with Crippen LogP contribution in [0.1, 0.15) is 46.1 Å². The van der Waals surface area contributed by atoms with Gasteiger partial charge in [0.2, 0.25) is 5.91 Å². The number of hydrogen-bond acceptors (Lipinski definition) is 6. The third-order valence-corrected chi connectivity index (χ3v) is 5.39. The van der Waals surface area contributed by atoms with Gasteiger partial charge in [0, 0.05) is 29.9 Å². The van der Waals surface area contributed by atoms with Gasteiger partial charge in [-0.15, -0.1) is 0 Å². The SMILES string of the molecule is CC.CCCN(CCC)C(=O)CNC1=C(c2ccc(Cl)cc2)NC2C=C(C(=O)OC)C=CN12. The zero-order valence-corrected chi connectivity index (χ0v) is 20.9. The lowest BCUT2D eigenvalue weighted by molar-refractivity contribution is -0.135. The molecule has 0 spiro atoms. The van der Waals surface area contributed by atoms with Gasteiger partial charge in [-0.3, -0.25) is 4.79 Å². The van der Waals surface area contributed by atoms with Crippen molar-refractivity contribution in [2.75, 3.05) is 26.7 Å². The fraction of sp³-hybridized carbons (Fsp3) is 0.440. The van der Waals surface area contributed by atoms with Crippen LogP contribution in [-0.4, -0.2) is 54.6 Å². The Labute approximate surface area is 202 Å². The van der Waals surface area contributed by atoms with E-state index in [9.17, 15) is 9.59 Å². The van der Waals surface area contributed by atoms with E-state index in [-0.39, 0.29) is 18.6 Å². The largest absolute Gasteiger partial charge is 0.465 e. The van der Waals surface area contributed by atoms with Crippen molar-refractivity contribution in [3.63, 3.8) is 0 Å². The van der Waals surface area contributed by atoms with Gasteiger partial charge in [-0.2, -0.15) is 0 Å². The van der Waals surface area contributed by atoms with Crippen molar-refractivity contribution in [3.8, 4) is 0 Å². The fourth-order valence-electron chi connectivity index (χ4n) is 3.67. The summed E-state index contributed by atoms with van der Waals surface area (Å²) in [4.78, 5) is 28.6. The van der Waals surface area contributed by atoms with Crippen LogP contribution < -0.4 is 10.6 Å². The van der Waals surface area contributed by atoms with Crippen molar-refractivity contribution in [3.05, 3.63) is 64.6 Å². The van der Waals surface area contributed by atoms with E-state index in [0.29, 0.717) is 10.6 Å². The van der Waals surface area contributed by atoms with Crippen LogP contribution in [0.25, 0.3) is 5.70 Å². The maximum atomic E-state index is 12.8. The number of methoxy groups -OCH3 is 1. The van der Waals surface area contributed by atoms with Crippen LogP contribution in [0.5, 0.6) is 0 Å². The molecule has 0 bridgehead atoms. The first-order chi connectivity index (χ1) is 16.0. The number of fused-ring (bicyclic) bond motifs is 1. The van der Waals surface area contributed by atoms with Gasteiger partial charge in [0.25, 0.3) is 0 Å². The van der Waals surface area contributed by atoms with Crippen LogP contribution in [0.2, 0.25) is 5.02 Å². The first kappa shape index (κ1) is 26.3. The Morgan fingerprint density at radius 1 is 1.15 bits per heavy atom. The maximum absolute atomic E-state index is 12.8. The summed E-state index contributed by atoms with van der Waals surface area (Å²) in [5.74, 6) is 0.434. The van der Waals surface area contributed by atoms with Gasteiger partial charge >= 0.3 is 5.97 Å². The van der Waals surface area contributed by atoms with E-state index in [1.54, 1.807) is 12.2 Å². The number of nitrogens with zero attached hydrogens (tertiary/aromatic N) is 2. The van der Waals surface area contributed by atoms with Crippen molar-refractivity contribution in [1.29, 1.82) is 0 Å². The fourth-order valence-corrected chi connectivity index (χ4v) is 3.80. The number of hydrogen-bond donors (Lipinski definition) is 2. The van der Waals surface area contributed by atoms with Gasteiger partial charge in [-0.05, 0) is 37.1 Å². The van der Waals surface area contributed by atoms with E-state index in [0.717, 1.165) is 43.0 Å². The highest BCUT2D eigenvalue weighted by molar-refractivity contribution is 6.30. The quantitative estimate of drug-likeness (QED) is 0.525. The lowest BCUT2D eigenvalue weighted by atomic mass is 10.1. The third kappa shape index (κ3) is 6.54. The van der Waals surface area contributed by atoms with Crippen molar-refractivity contribution < 1.29 is 14.3 Å². The Kier molecular flexibility index (Phi) is 10.3. The van der Waals surface area contributed by atoms with Crippen LogP contribution in [0, 0.1) is 0 Å². The molecule has 33 heavy (non-hydrogen) atoms. The highest BCUT2D eigenvalue weighted by atomic mass is 35.5. The molecule has 7 nitrogen and oxygen atoms in total. The molecule has 0 aliphatic carbocycles. The predicted molar refractivity (Wildman–Crippen MR) is 133 cm³/mol. The van der Waals surface area contributed by atoms with Crippen LogP contribution >= 0.6 is 11.6 Å². The first-order valence-electron chi connectivity index (χ1n) is 11.5. The number of benzene rings is 1. The number of amides is 1. The van der Waals surface area contributed by atoms with E-state index in [1.807, 2.05) is 54.1 Å². The molecule has 0 saturated carbocycles. The Morgan fingerprint density at radius 2 is 1.79 bits per heavy atom. The van der Waals surface area contributed by atoms with Crippen LogP contribution in [-0.2, 0) is 14.3 Å². The van der Waals surface area contributed by atoms with E-state index in [4.69, 9.17) is 16.3 Å². The topological polar surface area (TPSA) is 73.9 Å². The van der Waals surface area contributed by atoms with Crippen molar-refractivity contribution in [2.24, 2.45) is 0 Å². The molecule has 2 N–H and O–H groups in total. The molecule has 2 aliphatic heterocycles. The van der Waals surface area contributed by atoms with Gasteiger partial charge < -0.3 is 25.2 Å². The second-order valence-electron chi connectivity index (χ2n) is 7.39. The molecule has 0 fully saturated rings. The molecule has 1 atom stereocenters. The molecule has 180 valence electrons. The van der Waals surface area contributed by atoms with E-state index >= 15 is 0 Å². The zero-order chi connectivity index (χ0) is 24.4. The number of nitrogens with one attached hydrogen (secondary N) is 2. The highest BCUT2D eigenvalue weighted by Crippen LogP contribution is 2.30. The molecule has 0 saturated heterocycles. The number of rotatable bonds is 9. The standard InChI is InChI=1S/C23H29ClN4O3.C2H6/c1-4-11-27(12-5-2)20(29)15-25-22-21(16-6-8-18(24)9-7-16)26-19-14-17(23(30)31-3)10-13-28(19)22;1-2/h6-10,13-14,19,25-26H,4-5,11-12,15H2,1-3H3;1-2H3. The first-order valence-corrected chi connectivity index (χ1v) is 11.9. The average molecular weight is 475 g/mol. The van der Waals surface area contributed by atoms with Gasteiger partial charge in [0.1, 0.15) is 12.0 Å². The number of carbonyl (C=O) groups excluding carboxylic acids is 2. The normalized spacial score (nSPS) is 16.2. The minimum absolute atomic E-state index is 0.0573. The van der Waals surface area contributed by atoms with Crippen molar-refractivity contribution in [2.45, 2.75) is 46.7 Å². The molecule has 0 aromatic heterocycles. The summed E-state index contributed by atoms with van der Waals surface area (Å²) in [5, 5.41) is 7.40. The summed E-state index contributed by atoms with van der Waals surface area (Å²) in [5.41, 5.74) is 2.23. The second-order valence-corrected chi connectivity index (χ2v) is 7.83. The Bertz CT molecular complexity index is 903. The minimum Gasteiger partial charge on any atom is -0.465 e. The Morgan fingerprint density at radius 3 is 2.36 bits per heavy atom. The molecular formula is C25H35ClN4O3. The van der Waals surface area contributed by atoms with E-state index in [2.05, 4.69) is 24.5 Å². The molecule has 1 aromatic rings. The van der Waals surface area contributed by atoms with Crippen molar-refractivity contribution >= 4 is 29.2 Å². The van der Waals surface area contributed by atoms with Crippen LogP contribution in [0.15, 0.2) is 54.0 Å². The van der Waals surface area contributed by atoms with E-state index < -0.39 is 5.97 Å². The molecule has 8 heteroatoms. The number of ether oxygens (including phenoxy) is 1. The molecule has 1 aromatic carbocycles. The average Bonchev–Trinajstić information content (AvgIpc) is 3.21. The molecule has 2 aliphatic rings. The highest BCUT2D eigenvalue weighted by Gasteiger charge is 2.33. The second kappa shape index (κ2) is 12.9. The Balaban J connectivity index is 0.00000187. The van der Waals surface area contributed by atoms with E-state index in [1.165, 1.54) is 7.11 Å². The predicted octanol–water partition coefficient (Wildman–Crippen LogP) is 4.09. The van der Waals surface area contributed by atoms with Gasteiger partial charge in [0.15, 0.2) is 0 Å². The molecular weight excluding hydrogens is 440 g/mol. The molecule has 1 unspecified atom stereocenters. The maximum Gasteiger partial charge on any atom is 0.337 e. The summed E-state index contributed by atoms with van der Waals surface area (Å²) >= 11 is 6.06. The molecule has 1 amide bonds. The summed E-state index contributed by atoms with van der Waals surface area (Å²) in [6.07, 6.45) is 6.89. The number of carbonyl (C=O) groups is 2. The zero-order valence-electron chi connectivity index (χ0n) is 20.2. The summed E-state index contributed by atoms with van der Waals surface area (Å²) < 4.78 is 4.84. The monoisotopic (exact) mass is 474 g/mol. The molecule has 0 radical (unpaired) electrons. The van der Waals surface area contributed by atoms with Crippen LogP contribution in [0.3, 0.4) is 0 Å². The van der Waals surface area contributed by atoms with Gasteiger partial charge in [-0.25, -0.2) is 4.79 Å². The Hall–Kier alpha value is -2.93. The van der Waals surface area contributed by atoms with Gasteiger partial charge in [0.05, 0.1) is 24.9 Å². The molecule has 2 heterocycles. The molecule has 3 rings (SSSR count). The van der Waals surface area contributed by atoms with Crippen molar-refractivity contribution in [1.82, 2.24) is 20.4 Å². The lowest BCUT2D eigenvalue weighted by Crippen LogP contribution is -2.42. The summed E-state index contributed by atoms with van der Waals surface area (Å²) in [6.45, 7) is 9.80. The van der Waals surface area contributed by atoms with Crippen LogP contribution in [0.4, 0.5) is 0 Å². The third-order valence-electron chi connectivity index (χ3n) is 5.14. The smallest absolute Gasteiger partial charge is 0.337 e.